The lowest BCUT2D eigenvalue weighted by atomic mass is 10.1. The Morgan fingerprint density at radius 3 is 2.36 bits per heavy atom. The van der Waals surface area contributed by atoms with Gasteiger partial charge in [-0.25, -0.2) is 4.98 Å². The molecule has 144 valence electrons. The van der Waals surface area contributed by atoms with Crippen molar-refractivity contribution in [1.29, 1.82) is 0 Å². The quantitative estimate of drug-likeness (QED) is 0.687. The number of ether oxygens (including phenoxy) is 1. The summed E-state index contributed by atoms with van der Waals surface area (Å²) in [5.74, 6) is 0.00874. The van der Waals surface area contributed by atoms with Gasteiger partial charge in [-0.15, -0.1) is 0 Å². The minimum Gasteiger partial charge on any atom is -0.378 e. The zero-order valence-electron chi connectivity index (χ0n) is 16.0. The molecule has 1 aliphatic heterocycles. The molecule has 3 aromatic rings. The number of hydrogen-bond acceptors (Lipinski definition) is 4. The van der Waals surface area contributed by atoms with E-state index in [1.54, 1.807) is 17.4 Å². The van der Waals surface area contributed by atoms with Gasteiger partial charge in [0.25, 0.3) is 5.91 Å². The first-order valence-electron chi connectivity index (χ1n) is 9.46. The lowest BCUT2D eigenvalue weighted by Gasteiger charge is -2.29. The Hall–Kier alpha value is -3.12. The van der Waals surface area contributed by atoms with E-state index in [4.69, 9.17) is 4.74 Å². The van der Waals surface area contributed by atoms with Crippen molar-refractivity contribution in [3.05, 3.63) is 78.4 Å². The van der Waals surface area contributed by atoms with E-state index < -0.39 is 0 Å². The molecule has 2 heterocycles. The fraction of sp³-hybridized carbons (Fsp3) is 0.273. The molecule has 1 aromatic heterocycles. The smallest absolute Gasteiger partial charge is 0.253 e. The molecule has 0 spiro atoms. The first-order valence-corrected chi connectivity index (χ1v) is 9.46. The highest BCUT2D eigenvalue weighted by atomic mass is 16.5. The van der Waals surface area contributed by atoms with Crippen LogP contribution in [0.5, 0.6) is 0 Å². The molecule has 0 radical (unpaired) electrons. The van der Waals surface area contributed by atoms with Crippen LogP contribution in [0.2, 0.25) is 0 Å². The highest BCUT2D eigenvalue weighted by molar-refractivity contribution is 5.94. The fourth-order valence-electron chi connectivity index (χ4n) is 3.39. The fourth-order valence-corrected chi connectivity index (χ4v) is 3.39. The highest BCUT2D eigenvalue weighted by Crippen LogP contribution is 2.18. The van der Waals surface area contributed by atoms with E-state index in [9.17, 15) is 4.79 Å². The summed E-state index contributed by atoms with van der Waals surface area (Å²) in [7, 11) is 1.84. The van der Waals surface area contributed by atoms with Gasteiger partial charge in [-0.3, -0.25) is 4.79 Å². The molecule has 6 nitrogen and oxygen atoms in total. The minimum atomic E-state index is 0.00874. The summed E-state index contributed by atoms with van der Waals surface area (Å²) in [6.07, 6.45) is 5.35. The zero-order chi connectivity index (χ0) is 19.3. The average Bonchev–Trinajstić information content (AvgIpc) is 3.29. The predicted molar refractivity (Wildman–Crippen MR) is 109 cm³/mol. The molecule has 0 unspecified atom stereocenters. The second-order valence-corrected chi connectivity index (χ2v) is 6.94. The van der Waals surface area contributed by atoms with Gasteiger partial charge in [0.1, 0.15) is 0 Å². The van der Waals surface area contributed by atoms with Crippen LogP contribution in [0.1, 0.15) is 15.9 Å². The molecule has 0 bridgehead atoms. The summed E-state index contributed by atoms with van der Waals surface area (Å²) in [4.78, 5) is 20.9. The van der Waals surface area contributed by atoms with Gasteiger partial charge >= 0.3 is 0 Å². The Bertz CT molecular complexity index is 899. The summed E-state index contributed by atoms with van der Waals surface area (Å²) in [6, 6.07) is 16.0. The zero-order valence-corrected chi connectivity index (χ0v) is 16.0. The minimum absolute atomic E-state index is 0.00874. The van der Waals surface area contributed by atoms with Crippen molar-refractivity contribution in [2.75, 3.05) is 38.3 Å². The number of aromatic nitrogens is 2. The molecule has 0 aliphatic carbocycles. The SMILES string of the molecule is CN(Cc1ccc(N2CCOCC2)cc1)C(=O)c1ccc(-n2ccnc2)cc1. The molecule has 28 heavy (non-hydrogen) atoms. The van der Waals surface area contributed by atoms with Crippen LogP contribution in [0.4, 0.5) is 5.69 Å². The standard InChI is InChI=1S/C22H24N4O2/c1-24(16-18-2-6-20(7-3-18)25-12-14-28-15-13-25)22(27)19-4-8-21(9-5-19)26-11-10-23-17-26/h2-11,17H,12-16H2,1H3. The van der Waals surface area contributed by atoms with Crippen LogP contribution in [-0.2, 0) is 11.3 Å². The number of anilines is 1. The van der Waals surface area contributed by atoms with Gasteiger partial charge in [0, 0.05) is 56.0 Å². The largest absolute Gasteiger partial charge is 0.378 e. The van der Waals surface area contributed by atoms with E-state index in [0.29, 0.717) is 12.1 Å². The second kappa shape index (κ2) is 8.27. The molecule has 2 aromatic carbocycles. The second-order valence-electron chi connectivity index (χ2n) is 6.94. The number of nitrogens with zero attached hydrogens (tertiary/aromatic N) is 4. The van der Waals surface area contributed by atoms with Gasteiger partial charge in [-0.1, -0.05) is 12.1 Å². The number of carbonyl (C=O) groups excluding carboxylic acids is 1. The van der Waals surface area contributed by atoms with Gasteiger partial charge in [-0.05, 0) is 42.0 Å². The van der Waals surface area contributed by atoms with Crippen LogP contribution < -0.4 is 4.90 Å². The first-order chi connectivity index (χ1) is 13.7. The molecule has 1 amide bonds. The van der Waals surface area contributed by atoms with Gasteiger partial charge in [-0.2, -0.15) is 0 Å². The molecular formula is C22H24N4O2. The summed E-state index contributed by atoms with van der Waals surface area (Å²) in [5, 5.41) is 0. The number of imidazole rings is 1. The molecule has 1 fully saturated rings. The van der Waals surface area contributed by atoms with Crippen molar-refractivity contribution >= 4 is 11.6 Å². The van der Waals surface area contributed by atoms with E-state index in [1.165, 1.54) is 5.69 Å². The van der Waals surface area contributed by atoms with Crippen LogP contribution in [0.3, 0.4) is 0 Å². The predicted octanol–water partition coefficient (Wildman–Crippen LogP) is 2.98. The molecule has 4 rings (SSSR count). The van der Waals surface area contributed by atoms with Gasteiger partial charge in [0.05, 0.1) is 19.5 Å². The van der Waals surface area contributed by atoms with Crippen molar-refractivity contribution < 1.29 is 9.53 Å². The van der Waals surface area contributed by atoms with Gasteiger partial charge in [0.2, 0.25) is 0 Å². The van der Waals surface area contributed by atoms with Crippen molar-refractivity contribution in [3.8, 4) is 5.69 Å². The van der Waals surface area contributed by atoms with Gasteiger partial charge in [0.15, 0.2) is 0 Å². The lowest BCUT2D eigenvalue weighted by molar-refractivity contribution is 0.0785. The van der Waals surface area contributed by atoms with Crippen molar-refractivity contribution in [2.45, 2.75) is 6.54 Å². The topological polar surface area (TPSA) is 50.6 Å². The Labute approximate surface area is 165 Å². The number of carbonyl (C=O) groups is 1. The maximum absolute atomic E-state index is 12.7. The van der Waals surface area contributed by atoms with Crippen LogP contribution in [-0.4, -0.2) is 53.7 Å². The Balaban J connectivity index is 1.38. The van der Waals surface area contributed by atoms with E-state index in [0.717, 1.165) is 37.6 Å². The van der Waals surface area contributed by atoms with E-state index in [1.807, 2.05) is 42.1 Å². The molecule has 0 atom stereocenters. The van der Waals surface area contributed by atoms with E-state index in [2.05, 4.69) is 34.1 Å². The number of benzene rings is 2. The summed E-state index contributed by atoms with van der Waals surface area (Å²) in [5.41, 5.74) is 3.98. The number of hydrogen-bond donors (Lipinski definition) is 0. The van der Waals surface area contributed by atoms with E-state index >= 15 is 0 Å². The Kier molecular flexibility index (Phi) is 5.39. The van der Waals surface area contributed by atoms with Crippen LogP contribution in [0, 0.1) is 0 Å². The Morgan fingerprint density at radius 1 is 1.04 bits per heavy atom. The molecule has 6 heteroatoms. The molecular weight excluding hydrogens is 352 g/mol. The van der Waals surface area contributed by atoms with Crippen LogP contribution in [0.25, 0.3) is 5.69 Å². The monoisotopic (exact) mass is 376 g/mol. The summed E-state index contributed by atoms with van der Waals surface area (Å²) in [6.45, 7) is 3.97. The normalized spacial score (nSPS) is 14.1. The molecule has 0 saturated carbocycles. The average molecular weight is 376 g/mol. The molecule has 0 N–H and O–H groups in total. The van der Waals surface area contributed by atoms with Crippen molar-refractivity contribution in [1.82, 2.24) is 14.5 Å². The maximum Gasteiger partial charge on any atom is 0.253 e. The third kappa shape index (κ3) is 4.07. The number of rotatable bonds is 5. The first kappa shape index (κ1) is 18.3. The number of amides is 1. The molecule has 1 saturated heterocycles. The number of morpholine rings is 1. The van der Waals surface area contributed by atoms with Crippen LogP contribution >= 0.6 is 0 Å². The van der Waals surface area contributed by atoms with Gasteiger partial charge < -0.3 is 19.1 Å². The van der Waals surface area contributed by atoms with Crippen molar-refractivity contribution in [2.24, 2.45) is 0 Å². The highest BCUT2D eigenvalue weighted by Gasteiger charge is 2.14. The third-order valence-electron chi connectivity index (χ3n) is 5.00. The molecule has 1 aliphatic rings. The Morgan fingerprint density at radius 2 is 1.71 bits per heavy atom. The summed E-state index contributed by atoms with van der Waals surface area (Å²) < 4.78 is 7.31. The third-order valence-corrected chi connectivity index (χ3v) is 5.00. The summed E-state index contributed by atoms with van der Waals surface area (Å²) >= 11 is 0. The van der Waals surface area contributed by atoms with Crippen LogP contribution in [0.15, 0.2) is 67.3 Å². The maximum atomic E-state index is 12.7. The van der Waals surface area contributed by atoms with Crippen molar-refractivity contribution in [3.63, 3.8) is 0 Å². The van der Waals surface area contributed by atoms with E-state index in [-0.39, 0.29) is 5.91 Å². The lowest BCUT2D eigenvalue weighted by Crippen LogP contribution is -2.36.